The summed E-state index contributed by atoms with van der Waals surface area (Å²) in [5.74, 6) is 1.20. The van der Waals surface area contributed by atoms with Crippen LogP contribution in [0.5, 0.6) is 0 Å². The fourth-order valence-electron chi connectivity index (χ4n) is 5.12. The van der Waals surface area contributed by atoms with Crippen LogP contribution in [0, 0.1) is 12.8 Å². The molecule has 1 aliphatic heterocycles. The number of carbonyl (C=O) groups is 1. The molecule has 3 atom stereocenters. The Kier molecular flexibility index (Phi) is 4.54. The lowest BCUT2D eigenvalue weighted by Gasteiger charge is -2.61. The van der Waals surface area contributed by atoms with Gasteiger partial charge in [0, 0.05) is 36.8 Å². The van der Waals surface area contributed by atoms with Gasteiger partial charge in [-0.15, -0.1) is 10.2 Å². The van der Waals surface area contributed by atoms with Crippen molar-refractivity contribution in [1.82, 2.24) is 25.3 Å². The molecule has 2 bridgehead atoms. The third-order valence-corrected chi connectivity index (χ3v) is 6.27. The molecule has 5 rings (SSSR count). The van der Waals surface area contributed by atoms with Crippen LogP contribution < -0.4 is 5.32 Å². The quantitative estimate of drug-likeness (QED) is 0.607. The highest BCUT2D eigenvalue weighted by molar-refractivity contribution is 5.92. The van der Waals surface area contributed by atoms with E-state index in [0.717, 1.165) is 18.9 Å². The summed E-state index contributed by atoms with van der Waals surface area (Å²) in [5.41, 5.74) is -1.13. The third-order valence-electron chi connectivity index (χ3n) is 6.27. The van der Waals surface area contributed by atoms with Crippen LogP contribution in [0.2, 0.25) is 0 Å². The lowest BCUT2D eigenvalue weighted by molar-refractivity contribution is -0.137. The largest absolute Gasteiger partial charge is 0.423 e. The monoisotopic (exact) mass is 446 g/mol. The lowest BCUT2D eigenvalue weighted by atomic mass is 9.64. The molecule has 32 heavy (non-hydrogen) atoms. The Hall–Kier alpha value is -3.37. The molecule has 1 aliphatic carbocycles. The van der Waals surface area contributed by atoms with Gasteiger partial charge in [0.15, 0.2) is 0 Å². The predicted molar refractivity (Wildman–Crippen MR) is 107 cm³/mol. The van der Waals surface area contributed by atoms with Gasteiger partial charge in [-0.2, -0.15) is 18.3 Å². The predicted octanol–water partition coefficient (Wildman–Crippen LogP) is 4.72. The number of nitrogens with zero attached hydrogens (tertiary/aromatic N) is 4. The number of nitrogens with one attached hydrogen (secondary N) is 2. The topological polar surface area (TPSA) is 99.9 Å². The van der Waals surface area contributed by atoms with Crippen molar-refractivity contribution in [2.24, 2.45) is 5.92 Å². The Labute approximate surface area is 181 Å². The standard InChI is InChI=1S/C21H21F3N6O2/c1-11-7-14-10-20(9-11,18-29-27-12(2)32-18)30(14)19(31)26-13-3-4-16(21(22,23)24)15(8-13)17-5-6-25-28-17/h3-6,8,11,14H,7,9-10H2,1-2H3,(H,25,28)(H,26,31)/t11-,14+,20?/m0/s1. The average Bonchev–Trinajstić information content (AvgIpc) is 3.38. The summed E-state index contributed by atoms with van der Waals surface area (Å²) in [7, 11) is 0. The van der Waals surface area contributed by atoms with Gasteiger partial charge in [0.2, 0.25) is 11.8 Å². The van der Waals surface area contributed by atoms with Gasteiger partial charge in [-0.3, -0.25) is 5.10 Å². The molecule has 1 saturated heterocycles. The lowest BCUT2D eigenvalue weighted by Crippen LogP contribution is -2.70. The zero-order chi connectivity index (χ0) is 22.7. The highest BCUT2D eigenvalue weighted by Gasteiger charge is 2.62. The van der Waals surface area contributed by atoms with Crippen LogP contribution in [0.4, 0.5) is 23.7 Å². The molecule has 2 N–H and O–H groups in total. The molecule has 2 aromatic heterocycles. The summed E-state index contributed by atoms with van der Waals surface area (Å²) in [6.07, 6.45) is -0.925. The van der Waals surface area contributed by atoms with Crippen molar-refractivity contribution in [3.8, 4) is 11.3 Å². The maximum absolute atomic E-state index is 13.5. The number of carbonyl (C=O) groups excluding carboxylic acids is 1. The minimum absolute atomic E-state index is 0.00693. The Morgan fingerprint density at radius 3 is 2.75 bits per heavy atom. The number of alkyl halides is 3. The first-order valence-electron chi connectivity index (χ1n) is 10.3. The maximum Gasteiger partial charge on any atom is 0.417 e. The highest BCUT2D eigenvalue weighted by atomic mass is 19.4. The normalized spacial score (nSPS) is 24.8. The number of hydrogen-bond donors (Lipinski definition) is 2. The SMILES string of the molecule is Cc1nnc(C23C[C@@H](C)C[C@H](C2)N3C(=O)Nc2ccc(C(F)(F)F)c(-c3ccn[nH]3)c2)o1. The Morgan fingerprint density at radius 1 is 1.28 bits per heavy atom. The van der Waals surface area contributed by atoms with E-state index in [1.54, 1.807) is 11.8 Å². The van der Waals surface area contributed by atoms with Crippen LogP contribution in [0.1, 0.15) is 43.5 Å². The van der Waals surface area contributed by atoms with Gasteiger partial charge in [-0.05, 0) is 43.0 Å². The summed E-state index contributed by atoms with van der Waals surface area (Å²) in [4.78, 5) is 15.0. The molecule has 3 heterocycles. The van der Waals surface area contributed by atoms with Crippen molar-refractivity contribution in [3.05, 3.63) is 47.8 Å². The van der Waals surface area contributed by atoms with Crippen LogP contribution >= 0.6 is 0 Å². The van der Waals surface area contributed by atoms with E-state index >= 15 is 0 Å². The second-order valence-corrected chi connectivity index (χ2v) is 8.59. The maximum atomic E-state index is 13.5. The summed E-state index contributed by atoms with van der Waals surface area (Å²) in [6, 6.07) is 4.57. The van der Waals surface area contributed by atoms with Gasteiger partial charge in [-0.1, -0.05) is 6.92 Å². The number of likely N-dealkylation sites (tertiary alicyclic amines) is 1. The van der Waals surface area contributed by atoms with Gasteiger partial charge in [-0.25, -0.2) is 4.79 Å². The average molecular weight is 446 g/mol. The van der Waals surface area contributed by atoms with E-state index in [-0.39, 0.29) is 23.0 Å². The van der Waals surface area contributed by atoms with Crippen molar-refractivity contribution in [2.45, 2.75) is 50.9 Å². The number of urea groups is 1. The van der Waals surface area contributed by atoms with Crippen LogP contribution in [0.25, 0.3) is 11.3 Å². The Morgan fingerprint density at radius 2 is 2.09 bits per heavy atom. The van der Waals surface area contributed by atoms with E-state index in [2.05, 4.69) is 32.6 Å². The molecule has 2 aliphatic rings. The second-order valence-electron chi connectivity index (χ2n) is 8.59. The Balaban J connectivity index is 1.46. The number of halogens is 3. The number of H-pyrrole nitrogens is 1. The van der Waals surface area contributed by atoms with Crippen LogP contribution in [-0.2, 0) is 11.7 Å². The van der Waals surface area contributed by atoms with E-state index in [4.69, 9.17) is 4.42 Å². The van der Waals surface area contributed by atoms with Gasteiger partial charge < -0.3 is 14.6 Å². The molecular weight excluding hydrogens is 425 g/mol. The summed E-state index contributed by atoms with van der Waals surface area (Å²) < 4.78 is 46.2. The molecule has 0 radical (unpaired) electrons. The third kappa shape index (κ3) is 3.23. The number of hydrogen-bond acceptors (Lipinski definition) is 5. The number of piperidine rings is 1. The minimum atomic E-state index is -4.55. The van der Waals surface area contributed by atoms with Crippen molar-refractivity contribution >= 4 is 11.7 Å². The Bertz CT molecular complexity index is 1160. The summed E-state index contributed by atoms with van der Waals surface area (Å²) in [5, 5.41) is 17.1. The highest BCUT2D eigenvalue weighted by Crippen LogP contribution is 2.55. The number of benzene rings is 1. The van der Waals surface area contributed by atoms with E-state index in [1.807, 2.05) is 0 Å². The molecule has 3 aromatic rings. The minimum Gasteiger partial charge on any atom is -0.423 e. The number of aromatic nitrogens is 4. The second kappa shape index (κ2) is 7.07. The molecule has 168 valence electrons. The smallest absolute Gasteiger partial charge is 0.417 e. The van der Waals surface area contributed by atoms with E-state index < -0.39 is 23.3 Å². The van der Waals surface area contributed by atoms with Crippen molar-refractivity contribution in [2.75, 3.05) is 5.32 Å². The molecular formula is C21H21F3N6O2. The molecule has 11 heteroatoms. The van der Waals surface area contributed by atoms with Crippen molar-refractivity contribution < 1.29 is 22.4 Å². The fourth-order valence-corrected chi connectivity index (χ4v) is 5.12. The van der Waals surface area contributed by atoms with Gasteiger partial charge in [0.1, 0.15) is 5.54 Å². The van der Waals surface area contributed by atoms with Crippen molar-refractivity contribution in [3.63, 3.8) is 0 Å². The van der Waals surface area contributed by atoms with Crippen molar-refractivity contribution in [1.29, 1.82) is 0 Å². The van der Waals surface area contributed by atoms with Crippen LogP contribution in [-0.4, -0.2) is 37.4 Å². The van der Waals surface area contributed by atoms with Crippen LogP contribution in [0.15, 0.2) is 34.9 Å². The van der Waals surface area contributed by atoms with Gasteiger partial charge >= 0.3 is 12.2 Å². The first-order valence-corrected chi connectivity index (χ1v) is 10.3. The number of aryl methyl sites for hydroxylation is 1. The van der Waals surface area contributed by atoms with E-state index in [1.165, 1.54) is 24.4 Å². The molecule has 0 spiro atoms. The summed E-state index contributed by atoms with van der Waals surface area (Å²) >= 11 is 0. The number of fused-ring (bicyclic) bond motifs is 2. The number of rotatable bonds is 3. The molecule has 1 saturated carbocycles. The van der Waals surface area contributed by atoms with E-state index in [9.17, 15) is 18.0 Å². The van der Waals surface area contributed by atoms with Crippen LogP contribution in [0.3, 0.4) is 0 Å². The summed E-state index contributed by atoms with van der Waals surface area (Å²) in [6.45, 7) is 3.81. The first-order chi connectivity index (χ1) is 15.2. The van der Waals surface area contributed by atoms with Gasteiger partial charge in [0.05, 0.1) is 11.3 Å². The van der Waals surface area contributed by atoms with E-state index in [0.29, 0.717) is 24.1 Å². The first kappa shape index (κ1) is 20.5. The molecule has 1 unspecified atom stereocenters. The van der Waals surface area contributed by atoms with Gasteiger partial charge in [0.25, 0.3) is 0 Å². The number of aromatic amines is 1. The molecule has 1 aromatic carbocycles. The number of anilines is 1. The zero-order valence-electron chi connectivity index (χ0n) is 17.4. The molecule has 8 nitrogen and oxygen atoms in total. The fraction of sp³-hybridized carbons (Fsp3) is 0.429. The number of amides is 2. The molecule has 2 amide bonds. The molecule has 2 fully saturated rings. The zero-order valence-corrected chi connectivity index (χ0v) is 17.4.